The lowest BCUT2D eigenvalue weighted by Crippen LogP contribution is -2.24. The van der Waals surface area contributed by atoms with Crippen molar-refractivity contribution in [3.05, 3.63) is 60.1 Å². The molecule has 0 aliphatic heterocycles. The van der Waals surface area contributed by atoms with E-state index in [4.69, 9.17) is 9.15 Å². The van der Waals surface area contributed by atoms with Crippen molar-refractivity contribution < 1.29 is 14.3 Å². The number of ether oxygens (including phenoxy) is 1. The Bertz CT molecular complexity index is 786. The van der Waals surface area contributed by atoms with Crippen molar-refractivity contribution in [1.29, 1.82) is 0 Å². The first-order chi connectivity index (χ1) is 11.7. The van der Waals surface area contributed by atoms with Gasteiger partial charge in [-0.1, -0.05) is 12.1 Å². The Morgan fingerprint density at radius 3 is 2.79 bits per heavy atom. The molecule has 1 aromatic carbocycles. The molecule has 0 amide bonds. The molecule has 0 radical (unpaired) electrons. The van der Waals surface area contributed by atoms with Crippen molar-refractivity contribution in [3.63, 3.8) is 0 Å². The molecule has 3 aromatic rings. The summed E-state index contributed by atoms with van der Waals surface area (Å²) in [5.41, 5.74) is 1.60. The second kappa shape index (κ2) is 7.47. The van der Waals surface area contributed by atoms with E-state index in [9.17, 15) is 5.11 Å². The topological polar surface area (TPSA) is 67.5 Å². The fourth-order valence-corrected chi connectivity index (χ4v) is 2.63. The molecule has 0 aliphatic carbocycles. The summed E-state index contributed by atoms with van der Waals surface area (Å²) in [5.74, 6) is 1.57. The van der Waals surface area contributed by atoms with Crippen LogP contribution in [0.3, 0.4) is 0 Å². The van der Waals surface area contributed by atoms with Crippen molar-refractivity contribution >= 4 is 11.0 Å². The largest absolute Gasteiger partial charge is 0.490 e. The van der Waals surface area contributed by atoms with Gasteiger partial charge in [-0.2, -0.15) is 0 Å². The summed E-state index contributed by atoms with van der Waals surface area (Å²) >= 11 is 0. The van der Waals surface area contributed by atoms with Gasteiger partial charge in [0.1, 0.15) is 5.76 Å². The van der Waals surface area contributed by atoms with Crippen LogP contribution in [-0.4, -0.2) is 23.2 Å². The maximum Gasteiger partial charge on any atom is 0.176 e. The lowest BCUT2D eigenvalue weighted by atomic mass is 10.1. The van der Waals surface area contributed by atoms with Crippen LogP contribution in [0.4, 0.5) is 0 Å². The highest BCUT2D eigenvalue weighted by atomic mass is 16.5. The average Bonchev–Trinajstić information content (AvgIpc) is 3.06. The third-order valence-electron chi connectivity index (χ3n) is 3.96. The minimum absolute atomic E-state index is 0.0247. The van der Waals surface area contributed by atoms with Gasteiger partial charge < -0.3 is 19.6 Å². The van der Waals surface area contributed by atoms with Crippen molar-refractivity contribution in [2.45, 2.75) is 26.0 Å². The molecule has 2 aromatic heterocycles. The number of pyridine rings is 1. The number of rotatable bonds is 7. The Labute approximate surface area is 141 Å². The van der Waals surface area contributed by atoms with Crippen LogP contribution in [0.1, 0.15) is 37.3 Å². The fraction of sp³-hybridized carbons (Fsp3) is 0.316. The Morgan fingerprint density at radius 2 is 2.04 bits per heavy atom. The molecule has 0 aliphatic rings. The number of hydrogen-bond acceptors (Lipinski definition) is 5. The van der Waals surface area contributed by atoms with Crippen LogP contribution in [0, 0.1) is 0 Å². The van der Waals surface area contributed by atoms with E-state index in [1.165, 1.54) is 0 Å². The highest BCUT2D eigenvalue weighted by molar-refractivity contribution is 5.83. The molecular weight excluding hydrogens is 304 g/mol. The van der Waals surface area contributed by atoms with Gasteiger partial charge in [-0.05, 0) is 43.7 Å². The normalized spacial score (nSPS) is 13.8. The summed E-state index contributed by atoms with van der Waals surface area (Å²) in [6.45, 7) is 4.99. The van der Waals surface area contributed by atoms with Gasteiger partial charge >= 0.3 is 0 Å². The first kappa shape index (κ1) is 16.5. The van der Waals surface area contributed by atoms with E-state index in [0.717, 1.165) is 28.0 Å². The number of aliphatic hydroxyl groups is 1. The standard InChI is InChI=1S/C19H22N2O3/c1-3-23-17-6-4-5-15-11-18(24-19(15)17)13(2)21-12-16(22)14-7-9-20-10-8-14/h4-11,13,16,21-22H,3,12H2,1-2H3. The number of benzene rings is 1. The monoisotopic (exact) mass is 326 g/mol. The SMILES string of the molecule is CCOc1cccc2cc(C(C)NCC(O)c3ccncc3)oc12. The number of fused-ring (bicyclic) bond motifs is 1. The number of para-hydroxylation sites is 1. The number of hydrogen-bond donors (Lipinski definition) is 2. The zero-order valence-corrected chi connectivity index (χ0v) is 13.9. The van der Waals surface area contributed by atoms with Crippen LogP contribution in [0.5, 0.6) is 5.75 Å². The molecular formula is C19H22N2O3. The van der Waals surface area contributed by atoms with E-state index in [-0.39, 0.29) is 6.04 Å². The van der Waals surface area contributed by atoms with Crippen molar-refractivity contribution in [3.8, 4) is 5.75 Å². The van der Waals surface area contributed by atoms with Gasteiger partial charge in [-0.15, -0.1) is 0 Å². The Kier molecular flexibility index (Phi) is 5.13. The Balaban J connectivity index is 1.70. The summed E-state index contributed by atoms with van der Waals surface area (Å²) in [7, 11) is 0. The minimum Gasteiger partial charge on any atom is -0.490 e. The number of aliphatic hydroxyl groups excluding tert-OH is 1. The molecule has 5 heteroatoms. The Morgan fingerprint density at radius 1 is 1.25 bits per heavy atom. The summed E-state index contributed by atoms with van der Waals surface area (Å²) in [4.78, 5) is 3.96. The van der Waals surface area contributed by atoms with Gasteiger partial charge in [0.25, 0.3) is 0 Å². The van der Waals surface area contributed by atoms with Crippen LogP contribution in [0.2, 0.25) is 0 Å². The number of furan rings is 1. The van der Waals surface area contributed by atoms with E-state index in [2.05, 4.69) is 10.3 Å². The van der Waals surface area contributed by atoms with Crippen LogP contribution in [0.25, 0.3) is 11.0 Å². The van der Waals surface area contributed by atoms with E-state index < -0.39 is 6.10 Å². The highest BCUT2D eigenvalue weighted by Crippen LogP contribution is 2.31. The zero-order chi connectivity index (χ0) is 16.9. The first-order valence-electron chi connectivity index (χ1n) is 8.15. The van der Waals surface area contributed by atoms with Crippen LogP contribution >= 0.6 is 0 Å². The van der Waals surface area contributed by atoms with Gasteiger partial charge in [0.2, 0.25) is 0 Å². The molecule has 2 heterocycles. The number of nitrogens with one attached hydrogen (secondary N) is 1. The van der Waals surface area contributed by atoms with E-state index >= 15 is 0 Å². The summed E-state index contributed by atoms with van der Waals surface area (Å²) < 4.78 is 11.6. The Hall–Kier alpha value is -2.37. The molecule has 126 valence electrons. The van der Waals surface area contributed by atoms with Gasteiger partial charge in [0.15, 0.2) is 11.3 Å². The first-order valence-corrected chi connectivity index (χ1v) is 8.15. The van der Waals surface area contributed by atoms with E-state index in [0.29, 0.717) is 13.2 Å². The maximum atomic E-state index is 10.2. The van der Waals surface area contributed by atoms with Gasteiger partial charge in [-0.3, -0.25) is 4.98 Å². The smallest absolute Gasteiger partial charge is 0.176 e. The molecule has 24 heavy (non-hydrogen) atoms. The zero-order valence-electron chi connectivity index (χ0n) is 13.9. The van der Waals surface area contributed by atoms with Crippen molar-refractivity contribution in [1.82, 2.24) is 10.3 Å². The van der Waals surface area contributed by atoms with E-state index in [1.807, 2.05) is 50.2 Å². The highest BCUT2D eigenvalue weighted by Gasteiger charge is 2.15. The van der Waals surface area contributed by atoms with Crippen LogP contribution in [-0.2, 0) is 0 Å². The second-order valence-corrected chi connectivity index (χ2v) is 5.68. The molecule has 2 N–H and O–H groups in total. The molecule has 0 fully saturated rings. The predicted molar refractivity (Wildman–Crippen MR) is 93.0 cm³/mol. The third kappa shape index (κ3) is 3.58. The van der Waals surface area contributed by atoms with E-state index in [1.54, 1.807) is 12.4 Å². The maximum absolute atomic E-state index is 10.2. The molecule has 0 bridgehead atoms. The molecule has 0 saturated heterocycles. The van der Waals surface area contributed by atoms with Gasteiger partial charge in [-0.25, -0.2) is 0 Å². The summed E-state index contributed by atoms with van der Waals surface area (Å²) in [5, 5.41) is 14.5. The second-order valence-electron chi connectivity index (χ2n) is 5.68. The minimum atomic E-state index is -0.584. The average molecular weight is 326 g/mol. The van der Waals surface area contributed by atoms with Gasteiger partial charge in [0, 0.05) is 24.3 Å². The number of aromatic nitrogens is 1. The molecule has 5 nitrogen and oxygen atoms in total. The molecule has 0 saturated carbocycles. The molecule has 2 unspecified atom stereocenters. The predicted octanol–water partition coefficient (Wildman–Crippen LogP) is 3.61. The molecule has 2 atom stereocenters. The van der Waals surface area contributed by atoms with Crippen molar-refractivity contribution in [2.24, 2.45) is 0 Å². The lowest BCUT2D eigenvalue weighted by Gasteiger charge is -2.15. The summed E-state index contributed by atoms with van der Waals surface area (Å²) in [6, 6.07) is 11.5. The number of nitrogens with zero attached hydrogens (tertiary/aromatic N) is 1. The quantitative estimate of drug-likeness (QED) is 0.694. The van der Waals surface area contributed by atoms with Crippen LogP contribution < -0.4 is 10.1 Å². The summed E-state index contributed by atoms with van der Waals surface area (Å²) in [6.07, 6.45) is 2.77. The molecule has 0 spiro atoms. The third-order valence-corrected chi connectivity index (χ3v) is 3.96. The van der Waals surface area contributed by atoms with Crippen LogP contribution in [0.15, 0.2) is 53.2 Å². The van der Waals surface area contributed by atoms with Crippen molar-refractivity contribution in [2.75, 3.05) is 13.2 Å². The lowest BCUT2D eigenvalue weighted by molar-refractivity contribution is 0.169. The fourth-order valence-electron chi connectivity index (χ4n) is 2.63. The molecule has 3 rings (SSSR count). The van der Waals surface area contributed by atoms with Gasteiger partial charge in [0.05, 0.1) is 18.8 Å².